The van der Waals surface area contributed by atoms with Gasteiger partial charge in [0.2, 0.25) is 0 Å². The Balaban J connectivity index is 1.68. The minimum atomic E-state index is 0.215. The highest BCUT2D eigenvalue weighted by Gasteiger charge is 2.32. The van der Waals surface area contributed by atoms with Crippen molar-refractivity contribution in [3.05, 3.63) is 18.0 Å². The second kappa shape index (κ2) is 5.63. The number of hydrogen-bond acceptors (Lipinski definition) is 3. The highest BCUT2D eigenvalue weighted by atomic mass is 16.5. The van der Waals surface area contributed by atoms with Gasteiger partial charge in [0.15, 0.2) is 0 Å². The lowest BCUT2D eigenvalue weighted by Crippen LogP contribution is -2.38. The van der Waals surface area contributed by atoms with Gasteiger partial charge in [0.25, 0.3) is 0 Å². The fraction of sp³-hybridized carbons (Fsp3) is 0.800. The molecule has 0 aromatic carbocycles. The lowest BCUT2D eigenvalue weighted by atomic mass is 9.76. The fourth-order valence-corrected chi connectivity index (χ4v) is 3.49. The van der Waals surface area contributed by atoms with E-state index in [4.69, 9.17) is 15.6 Å². The first-order chi connectivity index (χ1) is 9.31. The van der Waals surface area contributed by atoms with Crippen LogP contribution in [0.2, 0.25) is 0 Å². The monoisotopic (exact) mass is 263 g/mol. The number of ether oxygens (including phenoxy) is 1. The molecule has 0 spiro atoms. The minimum Gasteiger partial charge on any atom is -0.381 e. The van der Waals surface area contributed by atoms with Crippen LogP contribution < -0.4 is 5.73 Å². The van der Waals surface area contributed by atoms with Crippen LogP contribution in [0.1, 0.15) is 50.3 Å². The van der Waals surface area contributed by atoms with Gasteiger partial charge in [0.1, 0.15) is 0 Å². The first kappa shape index (κ1) is 13.1. The van der Waals surface area contributed by atoms with Gasteiger partial charge in [-0.3, -0.25) is 4.68 Å². The summed E-state index contributed by atoms with van der Waals surface area (Å²) in [5, 5.41) is 4.80. The molecule has 106 valence electrons. The quantitative estimate of drug-likeness (QED) is 0.907. The average Bonchev–Trinajstić information content (AvgIpc) is 3.10. The van der Waals surface area contributed by atoms with Gasteiger partial charge in [-0.25, -0.2) is 0 Å². The SMILES string of the molecule is NCC1(Cc2ccn(C3CCCC3)n2)CCOCC1. The summed E-state index contributed by atoms with van der Waals surface area (Å²) in [5.74, 6) is 0. The molecule has 0 bridgehead atoms. The van der Waals surface area contributed by atoms with Gasteiger partial charge < -0.3 is 10.5 Å². The maximum atomic E-state index is 6.02. The van der Waals surface area contributed by atoms with Crippen molar-refractivity contribution in [3.63, 3.8) is 0 Å². The van der Waals surface area contributed by atoms with E-state index >= 15 is 0 Å². The van der Waals surface area contributed by atoms with Crippen molar-refractivity contribution in [1.82, 2.24) is 9.78 Å². The molecule has 2 fully saturated rings. The van der Waals surface area contributed by atoms with Crippen molar-refractivity contribution in [1.29, 1.82) is 0 Å². The fourth-order valence-electron chi connectivity index (χ4n) is 3.49. The maximum Gasteiger partial charge on any atom is 0.0630 e. The summed E-state index contributed by atoms with van der Waals surface area (Å²) in [6.45, 7) is 2.44. The number of nitrogens with two attached hydrogens (primary N) is 1. The lowest BCUT2D eigenvalue weighted by Gasteiger charge is -2.35. The second-order valence-electron chi connectivity index (χ2n) is 6.22. The highest BCUT2D eigenvalue weighted by Crippen LogP contribution is 2.34. The van der Waals surface area contributed by atoms with Crippen molar-refractivity contribution in [2.24, 2.45) is 11.1 Å². The zero-order valence-corrected chi connectivity index (χ0v) is 11.7. The van der Waals surface area contributed by atoms with Crippen LogP contribution in [0.25, 0.3) is 0 Å². The molecule has 1 aliphatic heterocycles. The molecular formula is C15H25N3O. The summed E-state index contributed by atoms with van der Waals surface area (Å²) in [6, 6.07) is 2.82. The normalized spacial score (nSPS) is 23.8. The van der Waals surface area contributed by atoms with E-state index in [0.29, 0.717) is 6.04 Å². The van der Waals surface area contributed by atoms with E-state index in [1.807, 2.05) is 0 Å². The average molecular weight is 263 g/mol. The summed E-state index contributed by atoms with van der Waals surface area (Å²) in [5.41, 5.74) is 7.45. The van der Waals surface area contributed by atoms with Crippen LogP contribution in [-0.4, -0.2) is 29.5 Å². The van der Waals surface area contributed by atoms with Crippen molar-refractivity contribution < 1.29 is 4.74 Å². The number of hydrogen-bond donors (Lipinski definition) is 1. The predicted octanol–water partition coefficient (Wildman–Crippen LogP) is 2.30. The molecule has 3 rings (SSSR count). The first-order valence-corrected chi connectivity index (χ1v) is 7.63. The molecule has 1 aliphatic carbocycles. The van der Waals surface area contributed by atoms with Gasteiger partial charge in [-0.15, -0.1) is 0 Å². The van der Waals surface area contributed by atoms with Crippen molar-refractivity contribution in [2.45, 2.75) is 51.0 Å². The van der Waals surface area contributed by atoms with E-state index in [-0.39, 0.29) is 5.41 Å². The Morgan fingerprint density at radius 3 is 2.74 bits per heavy atom. The van der Waals surface area contributed by atoms with Gasteiger partial charge in [0.05, 0.1) is 11.7 Å². The van der Waals surface area contributed by atoms with E-state index in [0.717, 1.165) is 39.0 Å². The molecule has 1 saturated carbocycles. The zero-order chi connectivity index (χ0) is 13.1. The third-order valence-corrected chi connectivity index (χ3v) is 4.90. The standard InChI is InChI=1S/C15H25N3O/c16-12-15(6-9-19-10-7-15)11-13-5-8-18(17-13)14-3-1-2-4-14/h5,8,14H,1-4,6-7,9-12,16H2. The van der Waals surface area contributed by atoms with Crippen molar-refractivity contribution >= 4 is 0 Å². The van der Waals surface area contributed by atoms with Crippen LogP contribution in [0.4, 0.5) is 0 Å². The summed E-state index contributed by atoms with van der Waals surface area (Å²) >= 11 is 0. The third kappa shape index (κ3) is 2.84. The molecule has 2 N–H and O–H groups in total. The molecule has 19 heavy (non-hydrogen) atoms. The summed E-state index contributed by atoms with van der Waals surface area (Å²) in [6.07, 6.45) is 10.6. The number of nitrogens with zero attached hydrogens (tertiary/aromatic N) is 2. The highest BCUT2D eigenvalue weighted by molar-refractivity contribution is 5.05. The maximum absolute atomic E-state index is 6.02. The molecule has 0 atom stereocenters. The Kier molecular flexibility index (Phi) is 3.89. The van der Waals surface area contributed by atoms with Crippen LogP contribution in [-0.2, 0) is 11.2 Å². The third-order valence-electron chi connectivity index (χ3n) is 4.90. The van der Waals surface area contributed by atoms with E-state index in [1.54, 1.807) is 0 Å². The van der Waals surface area contributed by atoms with Crippen LogP contribution in [0.3, 0.4) is 0 Å². The molecule has 0 unspecified atom stereocenters. The van der Waals surface area contributed by atoms with Crippen LogP contribution >= 0.6 is 0 Å². The number of rotatable bonds is 4. The van der Waals surface area contributed by atoms with Crippen molar-refractivity contribution in [3.8, 4) is 0 Å². The van der Waals surface area contributed by atoms with E-state index in [1.165, 1.54) is 31.4 Å². The Morgan fingerprint density at radius 1 is 1.32 bits per heavy atom. The molecule has 4 heteroatoms. The summed E-state index contributed by atoms with van der Waals surface area (Å²) in [7, 11) is 0. The number of aromatic nitrogens is 2. The van der Waals surface area contributed by atoms with E-state index in [9.17, 15) is 0 Å². The molecule has 1 saturated heterocycles. The zero-order valence-electron chi connectivity index (χ0n) is 11.7. The van der Waals surface area contributed by atoms with Crippen LogP contribution in [0, 0.1) is 5.41 Å². The molecule has 0 radical (unpaired) electrons. The molecule has 1 aromatic heterocycles. The molecule has 2 heterocycles. The Hall–Kier alpha value is -0.870. The molecular weight excluding hydrogens is 238 g/mol. The predicted molar refractivity (Wildman–Crippen MR) is 75.0 cm³/mol. The van der Waals surface area contributed by atoms with Gasteiger partial charge >= 0.3 is 0 Å². The minimum absolute atomic E-state index is 0.215. The topological polar surface area (TPSA) is 53.1 Å². The van der Waals surface area contributed by atoms with Gasteiger partial charge in [-0.1, -0.05) is 12.8 Å². The molecule has 4 nitrogen and oxygen atoms in total. The Morgan fingerprint density at radius 2 is 2.05 bits per heavy atom. The molecule has 2 aliphatic rings. The molecule has 1 aromatic rings. The lowest BCUT2D eigenvalue weighted by molar-refractivity contribution is 0.0186. The van der Waals surface area contributed by atoms with Crippen LogP contribution in [0.5, 0.6) is 0 Å². The summed E-state index contributed by atoms with van der Waals surface area (Å²) in [4.78, 5) is 0. The Labute approximate surface area is 115 Å². The van der Waals surface area contributed by atoms with Crippen molar-refractivity contribution in [2.75, 3.05) is 19.8 Å². The smallest absolute Gasteiger partial charge is 0.0630 e. The molecule has 0 amide bonds. The summed E-state index contributed by atoms with van der Waals surface area (Å²) < 4.78 is 7.66. The van der Waals surface area contributed by atoms with Crippen LogP contribution in [0.15, 0.2) is 12.3 Å². The first-order valence-electron chi connectivity index (χ1n) is 7.63. The second-order valence-corrected chi connectivity index (χ2v) is 6.22. The van der Waals surface area contributed by atoms with Gasteiger partial charge in [-0.2, -0.15) is 5.10 Å². The largest absolute Gasteiger partial charge is 0.381 e. The van der Waals surface area contributed by atoms with E-state index < -0.39 is 0 Å². The Bertz CT molecular complexity index is 403. The van der Waals surface area contributed by atoms with E-state index in [2.05, 4.69) is 16.9 Å². The van der Waals surface area contributed by atoms with Gasteiger partial charge in [0, 0.05) is 19.4 Å². The van der Waals surface area contributed by atoms with Gasteiger partial charge in [-0.05, 0) is 50.1 Å².